The van der Waals surface area contributed by atoms with Crippen molar-refractivity contribution in [3.05, 3.63) is 71.8 Å². The fourth-order valence-electron chi connectivity index (χ4n) is 4.22. The van der Waals surface area contributed by atoms with E-state index in [-0.39, 0.29) is 17.4 Å². The van der Waals surface area contributed by atoms with Gasteiger partial charge in [-0.3, -0.25) is 0 Å². The first-order valence-corrected chi connectivity index (χ1v) is 8.81. The van der Waals surface area contributed by atoms with Gasteiger partial charge in [0.05, 0.1) is 0 Å². The van der Waals surface area contributed by atoms with E-state index in [1.54, 1.807) is 0 Å². The van der Waals surface area contributed by atoms with Crippen LogP contribution in [0.25, 0.3) is 11.1 Å². The minimum atomic E-state index is -0.333. The highest BCUT2D eigenvalue weighted by atomic mass is 16.5. The first-order valence-electron chi connectivity index (χ1n) is 8.81. The number of fused-ring (bicyclic) bond motifs is 3. The van der Waals surface area contributed by atoms with Gasteiger partial charge in [0, 0.05) is 12.5 Å². The van der Waals surface area contributed by atoms with Crippen LogP contribution in [0.3, 0.4) is 0 Å². The van der Waals surface area contributed by atoms with E-state index in [1.165, 1.54) is 27.8 Å². The van der Waals surface area contributed by atoms with Crippen molar-refractivity contribution in [3.8, 4) is 11.1 Å². The zero-order valence-corrected chi connectivity index (χ0v) is 14.5. The number of rotatable bonds is 4. The van der Waals surface area contributed by atoms with Crippen LogP contribution < -0.4 is 5.32 Å². The third-order valence-electron chi connectivity index (χ3n) is 5.36. The van der Waals surface area contributed by atoms with Crippen LogP contribution in [0.15, 0.2) is 60.7 Å². The first kappa shape index (κ1) is 15.9. The summed E-state index contributed by atoms with van der Waals surface area (Å²) in [5.41, 5.74) is 6.36. The van der Waals surface area contributed by atoms with Gasteiger partial charge in [0.15, 0.2) is 0 Å². The van der Waals surface area contributed by atoms with Crippen LogP contribution in [-0.2, 0) is 4.74 Å². The van der Waals surface area contributed by atoms with Crippen LogP contribution in [0.1, 0.15) is 36.8 Å². The summed E-state index contributed by atoms with van der Waals surface area (Å²) in [6.45, 7) is 7.15. The highest BCUT2D eigenvalue weighted by molar-refractivity contribution is 5.79. The Morgan fingerprint density at radius 3 is 2.24 bits per heavy atom. The molecule has 2 aliphatic rings. The summed E-state index contributed by atoms with van der Waals surface area (Å²) in [5, 5.41) is 2.92. The number of allylic oxidation sites excluding steroid dienone is 1. The largest absolute Gasteiger partial charge is 0.449 e. The van der Waals surface area contributed by atoms with Crippen molar-refractivity contribution in [2.45, 2.75) is 25.7 Å². The van der Waals surface area contributed by atoms with Crippen molar-refractivity contribution >= 4 is 6.09 Å². The number of alkyl carbamates (subject to hydrolysis) is 1. The Morgan fingerprint density at radius 1 is 1.12 bits per heavy atom. The second kappa shape index (κ2) is 6.07. The lowest BCUT2D eigenvalue weighted by Gasteiger charge is -2.40. The number of carbonyl (C=O) groups excluding carboxylic acids is 1. The van der Waals surface area contributed by atoms with E-state index in [0.717, 1.165) is 12.8 Å². The standard InChI is InChI=1S/C22H23NO2/c1-15-11-22(2,12-15)14-23-21(24)25-13-20-18-9-5-3-7-16(18)17-8-4-6-10-19(17)20/h3-10,20H,1,11-14H2,2H3,(H,23,24). The van der Waals surface area contributed by atoms with Crippen LogP contribution in [-0.4, -0.2) is 19.2 Å². The lowest BCUT2D eigenvalue weighted by atomic mass is 9.67. The summed E-state index contributed by atoms with van der Waals surface area (Å²) >= 11 is 0. The first-order chi connectivity index (χ1) is 12.1. The van der Waals surface area contributed by atoms with Gasteiger partial charge in [-0.15, -0.1) is 0 Å². The average molecular weight is 333 g/mol. The normalized spacial score (nSPS) is 17.4. The number of hydrogen-bond donors (Lipinski definition) is 1. The van der Waals surface area contributed by atoms with Gasteiger partial charge in [-0.05, 0) is 40.5 Å². The molecule has 25 heavy (non-hydrogen) atoms. The molecule has 0 saturated heterocycles. The van der Waals surface area contributed by atoms with Gasteiger partial charge in [-0.2, -0.15) is 0 Å². The van der Waals surface area contributed by atoms with E-state index in [1.807, 2.05) is 12.1 Å². The SMILES string of the molecule is C=C1CC(C)(CNC(=O)OCC2c3ccccc3-c3ccccc32)C1. The highest BCUT2D eigenvalue weighted by Gasteiger charge is 2.35. The number of amides is 1. The van der Waals surface area contributed by atoms with Gasteiger partial charge >= 0.3 is 6.09 Å². The van der Waals surface area contributed by atoms with Gasteiger partial charge in [-0.1, -0.05) is 67.6 Å². The summed E-state index contributed by atoms with van der Waals surface area (Å²) in [6.07, 6.45) is 1.63. The van der Waals surface area contributed by atoms with Crippen LogP contribution in [0.4, 0.5) is 4.79 Å². The summed E-state index contributed by atoms with van der Waals surface area (Å²) in [7, 11) is 0. The van der Waals surface area contributed by atoms with E-state index in [2.05, 4.69) is 55.2 Å². The van der Waals surface area contributed by atoms with Gasteiger partial charge < -0.3 is 10.1 Å². The molecule has 1 amide bonds. The summed E-state index contributed by atoms with van der Waals surface area (Å²) < 4.78 is 5.56. The molecule has 2 aromatic carbocycles. The van der Waals surface area contributed by atoms with Gasteiger partial charge in [0.2, 0.25) is 0 Å². The van der Waals surface area contributed by atoms with Crippen molar-refractivity contribution in [2.75, 3.05) is 13.2 Å². The summed E-state index contributed by atoms with van der Waals surface area (Å²) in [6, 6.07) is 16.7. The number of benzene rings is 2. The molecule has 4 rings (SSSR count). The van der Waals surface area contributed by atoms with Crippen molar-refractivity contribution in [3.63, 3.8) is 0 Å². The van der Waals surface area contributed by atoms with Crippen molar-refractivity contribution in [2.24, 2.45) is 5.41 Å². The number of ether oxygens (including phenoxy) is 1. The number of nitrogens with one attached hydrogen (secondary N) is 1. The third kappa shape index (κ3) is 2.95. The fraction of sp³-hybridized carbons (Fsp3) is 0.318. The van der Waals surface area contributed by atoms with Crippen LogP contribution in [0, 0.1) is 5.41 Å². The molecule has 0 atom stereocenters. The van der Waals surface area contributed by atoms with E-state index < -0.39 is 0 Å². The maximum atomic E-state index is 12.1. The molecule has 0 aromatic heterocycles. The molecule has 0 unspecified atom stereocenters. The molecule has 2 aromatic rings. The molecule has 0 radical (unpaired) electrons. The van der Waals surface area contributed by atoms with Crippen LogP contribution in [0.2, 0.25) is 0 Å². The quantitative estimate of drug-likeness (QED) is 0.810. The molecule has 2 aliphatic carbocycles. The molecule has 3 nitrogen and oxygen atoms in total. The van der Waals surface area contributed by atoms with E-state index in [9.17, 15) is 4.79 Å². The maximum absolute atomic E-state index is 12.1. The Bertz CT molecular complexity index is 786. The predicted octanol–water partition coefficient (Wildman–Crippen LogP) is 4.88. The zero-order chi connectivity index (χ0) is 17.4. The second-order valence-electron chi connectivity index (χ2n) is 7.59. The third-order valence-corrected chi connectivity index (χ3v) is 5.36. The number of carbonyl (C=O) groups is 1. The topological polar surface area (TPSA) is 38.3 Å². The maximum Gasteiger partial charge on any atom is 0.407 e. The average Bonchev–Trinajstić information content (AvgIpc) is 2.91. The highest BCUT2D eigenvalue weighted by Crippen LogP contribution is 2.45. The summed E-state index contributed by atoms with van der Waals surface area (Å²) in [5.74, 6) is 0.109. The minimum Gasteiger partial charge on any atom is -0.449 e. The molecule has 0 heterocycles. The monoisotopic (exact) mass is 333 g/mol. The van der Waals surface area contributed by atoms with Gasteiger partial charge in [0.25, 0.3) is 0 Å². The molecule has 0 aliphatic heterocycles. The fourth-order valence-corrected chi connectivity index (χ4v) is 4.22. The Kier molecular flexibility index (Phi) is 3.87. The van der Waals surface area contributed by atoms with Gasteiger partial charge in [0.1, 0.15) is 6.61 Å². The van der Waals surface area contributed by atoms with Crippen molar-refractivity contribution in [1.29, 1.82) is 0 Å². The molecule has 1 saturated carbocycles. The minimum absolute atomic E-state index is 0.109. The Labute approximate surface area is 148 Å². The van der Waals surface area contributed by atoms with Crippen molar-refractivity contribution in [1.82, 2.24) is 5.32 Å². The van der Waals surface area contributed by atoms with E-state index in [4.69, 9.17) is 4.74 Å². The molecule has 0 spiro atoms. The number of hydrogen-bond acceptors (Lipinski definition) is 2. The molecule has 128 valence electrons. The molecular formula is C22H23NO2. The Balaban J connectivity index is 1.41. The molecule has 1 N–H and O–H groups in total. The lowest BCUT2D eigenvalue weighted by Crippen LogP contribution is -2.41. The van der Waals surface area contributed by atoms with Gasteiger partial charge in [-0.25, -0.2) is 4.79 Å². The Morgan fingerprint density at radius 2 is 1.68 bits per heavy atom. The van der Waals surface area contributed by atoms with Crippen molar-refractivity contribution < 1.29 is 9.53 Å². The molecular weight excluding hydrogens is 310 g/mol. The van der Waals surface area contributed by atoms with E-state index >= 15 is 0 Å². The van der Waals surface area contributed by atoms with E-state index in [0.29, 0.717) is 13.2 Å². The smallest absolute Gasteiger partial charge is 0.407 e. The molecule has 3 heteroatoms. The predicted molar refractivity (Wildman–Crippen MR) is 99.6 cm³/mol. The van der Waals surface area contributed by atoms with Crippen LogP contribution >= 0.6 is 0 Å². The summed E-state index contributed by atoms with van der Waals surface area (Å²) in [4.78, 5) is 12.1. The molecule has 0 bridgehead atoms. The van der Waals surface area contributed by atoms with Crippen LogP contribution in [0.5, 0.6) is 0 Å². The molecule has 1 fully saturated rings. The zero-order valence-electron chi connectivity index (χ0n) is 14.5. The second-order valence-corrected chi connectivity index (χ2v) is 7.59. The lowest BCUT2D eigenvalue weighted by molar-refractivity contribution is 0.132. The Hall–Kier alpha value is -2.55.